The zero-order valence-corrected chi connectivity index (χ0v) is 9.05. The van der Waals surface area contributed by atoms with E-state index in [0.717, 1.165) is 23.6 Å². The zero-order chi connectivity index (χ0) is 10.7. The number of alkyl halides is 1. The fraction of sp³-hybridized carbons (Fsp3) is 0.250. The van der Waals surface area contributed by atoms with E-state index in [1.807, 2.05) is 24.3 Å². The van der Waals surface area contributed by atoms with Crippen molar-refractivity contribution in [1.29, 1.82) is 0 Å². The maximum absolute atomic E-state index is 11.5. The minimum atomic E-state index is -0.0276. The summed E-state index contributed by atoms with van der Waals surface area (Å²) in [5.74, 6) is 0.656. The van der Waals surface area contributed by atoms with Gasteiger partial charge in [0, 0.05) is 17.5 Å². The summed E-state index contributed by atoms with van der Waals surface area (Å²) < 4.78 is 0. The maximum atomic E-state index is 11.5. The van der Waals surface area contributed by atoms with Crippen LogP contribution in [0.4, 0.5) is 0 Å². The normalized spacial score (nSPS) is 10.7. The summed E-state index contributed by atoms with van der Waals surface area (Å²) in [6.07, 6.45) is 3.54. The van der Waals surface area contributed by atoms with Gasteiger partial charge in [0.15, 0.2) is 0 Å². The first kappa shape index (κ1) is 10.2. The van der Waals surface area contributed by atoms with Gasteiger partial charge in [-0.1, -0.05) is 12.1 Å². The summed E-state index contributed by atoms with van der Waals surface area (Å²) in [5, 5.41) is 1.73. The Morgan fingerprint density at radius 3 is 2.93 bits per heavy atom. The Labute approximate surface area is 92.9 Å². The van der Waals surface area contributed by atoms with Gasteiger partial charge in [-0.2, -0.15) is 0 Å². The van der Waals surface area contributed by atoms with Crippen LogP contribution in [0.2, 0.25) is 0 Å². The van der Waals surface area contributed by atoms with Crippen LogP contribution in [-0.4, -0.2) is 10.9 Å². The number of benzene rings is 1. The average molecular weight is 222 g/mol. The van der Waals surface area contributed by atoms with E-state index in [0.29, 0.717) is 5.88 Å². The highest BCUT2D eigenvalue weighted by Gasteiger charge is 1.99. The standard InChI is InChI=1S/C12H12ClNO/c13-6-1-2-9-3-4-10-5-7-14-12(15)11(10)8-9/h3-5,7-8H,1-2,6H2,(H,14,15). The molecule has 3 heteroatoms. The Hall–Kier alpha value is -1.28. The number of fused-ring (bicyclic) bond motifs is 1. The van der Waals surface area contributed by atoms with Crippen LogP contribution in [0.3, 0.4) is 0 Å². The second kappa shape index (κ2) is 4.49. The molecule has 0 fully saturated rings. The SMILES string of the molecule is O=c1[nH]ccc2ccc(CCCCl)cc12. The molecule has 1 heterocycles. The molecule has 2 aromatic rings. The first-order valence-corrected chi connectivity index (χ1v) is 5.51. The number of halogens is 1. The van der Waals surface area contributed by atoms with Crippen molar-refractivity contribution < 1.29 is 0 Å². The van der Waals surface area contributed by atoms with E-state index < -0.39 is 0 Å². The molecule has 1 N–H and O–H groups in total. The molecule has 0 aliphatic carbocycles. The molecule has 15 heavy (non-hydrogen) atoms. The molecule has 0 aliphatic rings. The minimum absolute atomic E-state index is 0.0276. The zero-order valence-electron chi connectivity index (χ0n) is 8.29. The van der Waals surface area contributed by atoms with Crippen molar-refractivity contribution in [3.63, 3.8) is 0 Å². The Morgan fingerprint density at radius 2 is 2.13 bits per heavy atom. The van der Waals surface area contributed by atoms with Crippen LogP contribution < -0.4 is 5.56 Å². The largest absolute Gasteiger partial charge is 0.329 e. The second-order valence-corrected chi connectivity index (χ2v) is 3.90. The predicted octanol–water partition coefficient (Wildman–Crippen LogP) is 2.70. The van der Waals surface area contributed by atoms with E-state index in [-0.39, 0.29) is 5.56 Å². The van der Waals surface area contributed by atoms with Gasteiger partial charge in [0.25, 0.3) is 5.56 Å². The van der Waals surface area contributed by atoms with Crippen molar-refractivity contribution in [3.8, 4) is 0 Å². The molecule has 0 bridgehead atoms. The van der Waals surface area contributed by atoms with E-state index >= 15 is 0 Å². The lowest BCUT2D eigenvalue weighted by Crippen LogP contribution is -2.04. The Balaban J connectivity index is 2.45. The lowest BCUT2D eigenvalue weighted by atomic mass is 10.1. The summed E-state index contributed by atoms with van der Waals surface area (Å²) in [5.41, 5.74) is 1.14. The van der Waals surface area contributed by atoms with Gasteiger partial charge < -0.3 is 4.98 Å². The van der Waals surface area contributed by atoms with Gasteiger partial charge in [0.2, 0.25) is 0 Å². The molecule has 78 valence electrons. The Morgan fingerprint density at radius 1 is 1.27 bits per heavy atom. The number of aromatic nitrogens is 1. The van der Waals surface area contributed by atoms with Gasteiger partial charge in [0.1, 0.15) is 0 Å². The van der Waals surface area contributed by atoms with Gasteiger partial charge in [-0.25, -0.2) is 0 Å². The molecule has 0 saturated carbocycles. The number of nitrogens with one attached hydrogen (secondary N) is 1. The maximum Gasteiger partial charge on any atom is 0.255 e. The number of hydrogen-bond acceptors (Lipinski definition) is 1. The first-order chi connectivity index (χ1) is 7.31. The third kappa shape index (κ3) is 2.21. The third-order valence-electron chi connectivity index (χ3n) is 2.44. The molecule has 0 amide bonds. The lowest BCUT2D eigenvalue weighted by Gasteiger charge is -2.01. The van der Waals surface area contributed by atoms with Crippen molar-refractivity contribution in [2.75, 3.05) is 5.88 Å². The van der Waals surface area contributed by atoms with Crippen molar-refractivity contribution in [2.45, 2.75) is 12.8 Å². The molecule has 0 radical (unpaired) electrons. The van der Waals surface area contributed by atoms with Gasteiger partial charge in [0.05, 0.1) is 0 Å². The van der Waals surface area contributed by atoms with E-state index in [2.05, 4.69) is 4.98 Å². The molecule has 0 unspecified atom stereocenters. The fourth-order valence-corrected chi connectivity index (χ4v) is 1.79. The van der Waals surface area contributed by atoms with Gasteiger partial charge in [-0.05, 0) is 35.9 Å². The van der Waals surface area contributed by atoms with Crippen molar-refractivity contribution in [2.24, 2.45) is 0 Å². The van der Waals surface area contributed by atoms with E-state index in [4.69, 9.17) is 11.6 Å². The monoisotopic (exact) mass is 221 g/mol. The van der Waals surface area contributed by atoms with E-state index in [1.54, 1.807) is 6.20 Å². The highest BCUT2D eigenvalue weighted by atomic mass is 35.5. The van der Waals surface area contributed by atoms with Crippen molar-refractivity contribution >= 4 is 22.4 Å². The van der Waals surface area contributed by atoms with Crippen LogP contribution in [0, 0.1) is 0 Å². The topological polar surface area (TPSA) is 32.9 Å². The third-order valence-corrected chi connectivity index (χ3v) is 2.71. The fourth-order valence-electron chi connectivity index (χ4n) is 1.66. The van der Waals surface area contributed by atoms with Crippen LogP contribution >= 0.6 is 11.6 Å². The van der Waals surface area contributed by atoms with Gasteiger partial charge in [-0.3, -0.25) is 4.79 Å². The summed E-state index contributed by atoms with van der Waals surface area (Å²) in [7, 11) is 0. The molecule has 0 aliphatic heterocycles. The van der Waals surface area contributed by atoms with Crippen LogP contribution in [0.25, 0.3) is 10.8 Å². The molecule has 1 aromatic heterocycles. The summed E-state index contributed by atoms with van der Waals surface area (Å²) in [6.45, 7) is 0. The molecular formula is C12H12ClNO. The number of H-pyrrole nitrogens is 1. The first-order valence-electron chi connectivity index (χ1n) is 4.97. The lowest BCUT2D eigenvalue weighted by molar-refractivity contribution is 0.930. The molecule has 0 spiro atoms. The highest BCUT2D eigenvalue weighted by molar-refractivity contribution is 6.17. The van der Waals surface area contributed by atoms with E-state index in [9.17, 15) is 4.79 Å². The summed E-state index contributed by atoms with van der Waals surface area (Å²) in [4.78, 5) is 14.2. The van der Waals surface area contributed by atoms with Gasteiger partial charge >= 0.3 is 0 Å². The number of hydrogen-bond donors (Lipinski definition) is 1. The summed E-state index contributed by atoms with van der Waals surface area (Å²) >= 11 is 5.63. The molecule has 1 aromatic carbocycles. The van der Waals surface area contributed by atoms with Crippen LogP contribution in [-0.2, 0) is 6.42 Å². The molecule has 2 nitrogen and oxygen atoms in total. The minimum Gasteiger partial charge on any atom is -0.329 e. The summed E-state index contributed by atoms with van der Waals surface area (Å²) in [6, 6.07) is 7.88. The predicted molar refractivity (Wildman–Crippen MR) is 63.6 cm³/mol. The Kier molecular flexibility index (Phi) is 3.07. The van der Waals surface area contributed by atoms with Gasteiger partial charge in [-0.15, -0.1) is 11.6 Å². The van der Waals surface area contributed by atoms with Crippen molar-refractivity contribution in [3.05, 3.63) is 46.4 Å². The molecule has 0 saturated heterocycles. The van der Waals surface area contributed by atoms with Crippen LogP contribution in [0.5, 0.6) is 0 Å². The Bertz CT molecular complexity index is 518. The smallest absolute Gasteiger partial charge is 0.255 e. The quantitative estimate of drug-likeness (QED) is 0.795. The number of aromatic amines is 1. The van der Waals surface area contributed by atoms with Crippen molar-refractivity contribution in [1.82, 2.24) is 4.98 Å². The highest BCUT2D eigenvalue weighted by Crippen LogP contribution is 2.13. The molecule has 0 atom stereocenters. The number of rotatable bonds is 3. The second-order valence-electron chi connectivity index (χ2n) is 3.52. The average Bonchev–Trinajstić information content (AvgIpc) is 2.27. The molecule has 2 rings (SSSR count). The van der Waals surface area contributed by atoms with Crippen LogP contribution in [0.15, 0.2) is 35.3 Å². The van der Waals surface area contributed by atoms with E-state index in [1.165, 1.54) is 5.56 Å². The van der Waals surface area contributed by atoms with Crippen LogP contribution in [0.1, 0.15) is 12.0 Å². The number of aryl methyl sites for hydroxylation is 1. The number of pyridine rings is 1. The molecular weight excluding hydrogens is 210 g/mol.